The number of aryl methyl sites for hydroxylation is 1. The van der Waals surface area contributed by atoms with Gasteiger partial charge in [-0.3, -0.25) is 9.59 Å². The van der Waals surface area contributed by atoms with Crippen molar-refractivity contribution in [3.05, 3.63) is 47.6 Å². The molecule has 1 fully saturated rings. The Bertz CT molecular complexity index is 730. The fraction of sp³-hybridized carbons (Fsp3) is 0.444. The summed E-state index contributed by atoms with van der Waals surface area (Å²) in [6.07, 6.45) is 5.20. The molecular formula is C18H22N4O3. The normalized spacial score (nSPS) is 17.3. The molecule has 0 saturated carbocycles. The zero-order valence-corrected chi connectivity index (χ0v) is 14.3. The summed E-state index contributed by atoms with van der Waals surface area (Å²) in [5.41, 5.74) is 1.58. The van der Waals surface area contributed by atoms with E-state index in [1.807, 2.05) is 23.1 Å². The Kier molecular flexibility index (Phi) is 5.42. The van der Waals surface area contributed by atoms with Crippen LogP contribution in [0.4, 0.5) is 0 Å². The van der Waals surface area contributed by atoms with Gasteiger partial charge in [-0.05, 0) is 43.4 Å². The molecule has 1 aromatic heterocycles. The maximum Gasteiger partial charge on any atom is 0.251 e. The first-order valence-corrected chi connectivity index (χ1v) is 8.56. The quantitative estimate of drug-likeness (QED) is 0.899. The molecule has 1 unspecified atom stereocenters. The second kappa shape index (κ2) is 7.92. The number of carbonyl (C=O) groups excluding carboxylic acids is 2. The molecule has 1 saturated heterocycles. The molecule has 0 radical (unpaired) electrons. The maximum atomic E-state index is 12.7. The minimum absolute atomic E-state index is 0.0832. The van der Waals surface area contributed by atoms with Crippen LogP contribution in [0.3, 0.4) is 0 Å². The van der Waals surface area contributed by atoms with Crippen molar-refractivity contribution >= 4 is 11.8 Å². The van der Waals surface area contributed by atoms with E-state index >= 15 is 0 Å². The van der Waals surface area contributed by atoms with Crippen molar-refractivity contribution in [1.82, 2.24) is 20.4 Å². The van der Waals surface area contributed by atoms with Crippen LogP contribution >= 0.6 is 0 Å². The van der Waals surface area contributed by atoms with Gasteiger partial charge < -0.3 is 14.7 Å². The van der Waals surface area contributed by atoms with E-state index in [9.17, 15) is 9.59 Å². The van der Waals surface area contributed by atoms with Gasteiger partial charge in [-0.1, -0.05) is 17.3 Å². The van der Waals surface area contributed by atoms with Crippen LogP contribution in [0.25, 0.3) is 0 Å². The van der Waals surface area contributed by atoms with Gasteiger partial charge >= 0.3 is 0 Å². The van der Waals surface area contributed by atoms with E-state index in [1.165, 1.54) is 6.39 Å². The largest absolute Gasteiger partial charge is 0.355 e. The number of piperidine rings is 1. The summed E-state index contributed by atoms with van der Waals surface area (Å²) in [6.45, 7) is 0.719. The van der Waals surface area contributed by atoms with E-state index in [4.69, 9.17) is 4.52 Å². The average Bonchev–Trinajstić information content (AvgIpc) is 3.20. The van der Waals surface area contributed by atoms with Gasteiger partial charge in [0.25, 0.3) is 5.91 Å². The van der Waals surface area contributed by atoms with Gasteiger partial charge in [0.15, 0.2) is 5.82 Å². The van der Waals surface area contributed by atoms with Crippen molar-refractivity contribution in [3.63, 3.8) is 0 Å². The lowest BCUT2D eigenvalue weighted by Crippen LogP contribution is -2.39. The van der Waals surface area contributed by atoms with E-state index in [0.29, 0.717) is 24.2 Å². The lowest BCUT2D eigenvalue weighted by Gasteiger charge is -2.33. The number of nitrogens with zero attached hydrogens (tertiary/aromatic N) is 3. The molecule has 7 heteroatoms. The molecule has 25 heavy (non-hydrogen) atoms. The summed E-state index contributed by atoms with van der Waals surface area (Å²) >= 11 is 0. The fourth-order valence-electron chi connectivity index (χ4n) is 3.23. The van der Waals surface area contributed by atoms with Gasteiger partial charge in [0.1, 0.15) is 0 Å². The Labute approximate surface area is 146 Å². The molecule has 0 spiro atoms. The molecule has 132 valence electrons. The molecule has 3 rings (SSSR count). The summed E-state index contributed by atoms with van der Waals surface area (Å²) in [6, 6.07) is 7.28. The van der Waals surface area contributed by atoms with E-state index in [-0.39, 0.29) is 17.9 Å². The molecule has 1 N–H and O–H groups in total. The van der Waals surface area contributed by atoms with Gasteiger partial charge in [0.05, 0.1) is 6.04 Å². The van der Waals surface area contributed by atoms with Crippen LogP contribution in [0.15, 0.2) is 35.2 Å². The van der Waals surface area contributed by atoms with Crippen LogP contribution < -0.4 is 5.32 Å². The molecule has 0 aliphatic carbocycles. The van der Waals surface area contributed by atoms with E-state index < -0.39 is 0 Å². The highest BCUT2D eigenvalue weighted by Crippen LogP contribution is 2.29. The smallest absolute Gasteiger partial charge is 0.251 e. The first kappa shape index (κ1) is 17.1. The number of nitrogens with one attached hydrogen (secondary N) is 1. The summed E-state index contributed by atoms with van der Waals surface area (Å²) in [5, 5.41) is 6.52. The van der Waals surface area contributed by atoms with Gasteiger partial charge in [-0.2, -0.15) is 4.98 Å². The summed E-state index contributed by atoms with van der Waals surface area (Å²) < 4.78 is 4.83. The van der Waals surface area contributed by atoms with Crippen LogP contribution in [0.5, 0.6) is 0 Å². The number of likely N-dealkylation sites (tertiary alicyclic amines) is 1. The predicted molar refractivity (Wildman–Crippen MR) is 90.8 cm³/mol. The third-order valence-corrected chi connectivity index (χ3v) is 4.54. The van der Waals surface area contributed by atoms with Gasteiger partial charge in [-0.25, -0.2) is 0 Å². The Morgan fingerprint density at radius 2 is 2.24 bits per heavy atom. The molecule has 1 atom stereocenters. The molecule has 7 nitrogen and oxygen atoms in total. The monoisotopic (exact) mass is 342 g/mol. The third-order valence-electron chi connectivity index (χ3n) is 4.54. The zero-order chi connectivity index (χ0) is 17.6. The standard InChI is InChI=1S/C18H22N4O3/c1-19-18(24)14-6-4-5-13(11-14)8-9-16(23)22-10-3-2-7-15(22)17-20-12-25-21-17/h4-6,11-12,15H,2-3,7-10H2,1H3,(H,19,24). The Morgan fingerprint density at radius 3 is 3.00 bits per heavy atom. The van der Waals surface area contributed by atoms with Crippen molar-refractivity contribution in [1.29, 1.82) is 0 Å². The molecular weight excluding hydrogens is 320 g/mol. The topological polar surface area (TPSA) is 88.3 Å². The Morgan fingerprint density at radius 1 is 1.36 bits per heavy atom. The average molecular weight is 342 g/mol. The molecule has 1 aliphatic rings. The minimum Gasteiger partial charge on any atom is -0.355 e. The Balaban J connectivity index is 1.64. The van der Waals surface area contributed by atoms with Crippen LogP contribution in [-0.4, -0.2) is 40.4 Å². The van der Waals surface area contributed by atoms with Gasteiger partial charge in [0, 0.05) is 25.6 Å². The number of hydrogen-bond donors (Lipinski definition) is 1. The highest BCUT2D eigenvalue weighted by Gasteiger charge is 2.30. The summed E-state index contributed by atoms with van der Waals surface area (Å²) in [4.78, 5) is 30.4. The van der Waals surface area contributed by atoms with E-state index in [0.717, 1.165) is 31.4 Å². The molecule has 2 amide bonds. The van der Waals surface area contributed by atoms with Gasteiger partial charge in [-0.15, -0.1) is 0 Å². The van der Waals surface area contributed by atoms with E-state index in [2.05, 4.69) is 15.5 Å². The Hall–Kier alpha value is -2.70. The predicted octanol–water partition coefficient (Wildman–Crippen LogP) is 2.12. The molecule has 0 bridgehead atoms. The first-order chi connectivity index (χ1) is 12.2. The van der Waals surface area contributed by atoms with Crippen molar-refractivity contribution in [2.75, 3.05) is 13.6 Å². The number of hydrogen-bond acceptors (Lipinski definition) is 5. The lowest BCUT2D eigenvalue weighted by atomic mass is 10.00. The van der Waals surface area contributed by atoms with Crippen LogP contribution in [0.2, 0.25) is 0 Å². The van der Waals surface area contributed by atoms with Crippen molar-refractivity contribution < 1.29 is 14.1 Å². The number of carbonyl (C=O) groups is 2. The maximum absolute atomic E-state index is 12.7. The highest BCUT2D eigenvalue weighted by atomic mass is 16.5. The van der Waals surface area contributed by atoms with Crippen LogP contribution in [-0.2, 0) is 11.2 Å². The summed E-state index contributed by atoms with van der Waals surface area (Å²) in [5.74, 6) is 0.538. The number of amides is 2. The second-order valence-corrected chi connectivity index (χ2v) is 6.17. The number of aromatic nitrogens is 2. The molecule has 2 heterocycles. The van der Waals surface area contributed by atoms with Crippen LogP contribution in [0, 0.1) is 0 Å². The van der Waals surface area contributed by atoms with Crippen molar-refractivity contribution in [2.24, 2.45) is 0 Å². The molecule has 2 aromatic rings. The van der Waals surface area contributed by atoms with Crippen molar-refractivity contribution in [3.8, 4) is 0 Å². The zero-order valence-electron chi connectivity index (χ0n) is 14.3. The van der Waals surface area contributed by atoms with Crippen LogP contribution in [0.1, 0.15) is 53.5 Å². The van der Waals surface area contributed by atoms with Gasteiger partial charge in [0.2, 0.25) is 12.3 Å². The van der Waals surface area contributed by atoms with E-state index in [1.54, 1.807) is 13.1 Å². The molecule has 1 aliphatic heterocycles. The number of benzene rings is 1. The third kappa shape index (κ3) is 4.04. The minimum atomic E-state index is -0.124. The number of rotatable bonds is 5. The van der Waals surface area contributed by atoms with Crippen molar-refractivity contribution in [2.45, 2.75) is 38.1 Å². The second-order valence-electron chi connectivity index (χ2n) is 6.17. The first-order valence-electron chi connectivity index (χ1n) is 8.56. The molecule has 1 aromatic carbocycles. The highest BCUT2D eigenvalue weighted by molar-refractivity contribution is 5.94. The summed E-state index contributed by atoms with van der Waals surface area (Å²) in [7, 11) is 1.60. The lowest BCUT2D eigenvalue weighted by molar-refractivity contribution is -0.135. The SMILES string of the molecule is CNC(=O)c1cccc(CCC(=O)N2CCCCC2c2ncon2)c1. The fourth-order valence-corrected chi connectivity index (χ4v) is 3.23.